The lowest BCUT2D eigenvalue weighted by molar-refractivity contribution is 0.698. The van der Waals surface area contributed by atoms with Gasteiger partial charge in [-0.2, -0.15) is 0 Å². The summed E-state index contributed by atoms with van der Waals surface area (Å²) in [7, 11) is 0. The van der Waals surface area contributed by atoms with Crippen molar-refractivity contribution in [1.82, 2.24) is 20.3 Å². The average Bonchev–Trinajstić information content (AvgIpc) is 3.02. The fraction of sp³-hybridized carbons (Fsp3) is 0. The lowest BCUT2D eigenvalue weighted by atomic mass is 10.2. The van der Waals surface area contributed by atoms with Gasteiger partial charge in [-0.05, 0) is 28.5 Å². The summed E-state index contributed by atoms with van der Waals surface area (Å²) in [5.74, 6) is 6.42. The van der Waals surface area contributed by atoms with Gasteiger partial charge in [-0.15, -0.1) is 15.0 Å². The van der Waals surface area contributed by atoms with Crippen molar-refractivity contribution in [3.8, 4) is 23.2 Å². The lowest BCUT2D eigenvalue weighted by Gasteiger charge is -1.96. The van der Waals surface area contributed by atoms with E-state index in [9.17, 15) is 0 Å². The monoisotopic (exact) mass is 273 g/mol. The lowest BCUT2D eigenvalue weighted by Crippen LogP contribution is -1.95. The van der Waals surface area contributed by atoms with Gasteiger partial charge in [0.05, 0.1) is 6.21 Å². The highest BCUT2D eigenvalue weighted by molar-refractivity contribution is 5.79. The predicted molar refractivity (Wildman–Crippen MR) is 80.5 cm³/mol. The number of nitrogens with zero attached hydrogens (tertiary/aromatic N) is 5. The molecule has 0 unspecified atom stereocenters. The van der Waals surface area contributed by atoms with E-state index in [1.165, 1.54) is 11.0 Å². The van der Waals surface area contributed by atoms with Crippen molar-refractivity contribution >= 4 is 6.21 Å². The van der Waals surface area contributed by atoms with Gasteiger partial charge in [0.15, 0.2) is 0 Å². The number of aromatic nitrogens is 4. The summed E-state index contributed by atoms with van der Waals surface area (Å²) in [6.45, 7) is 0. The molecule has 0 aliphatic heterocycles. The molecule has 5 nitrogen and oxygen atoms in total. The van der Waals surface area contributed by atoms with Crippen molar-refractivity contribution in [1.29, 1.82) is 0 Å². The first-order chi connectivity index (χ1) is 10.4. The molecule has 21 heavy (non-hydrogen) atoms. The molecule has 1 heterocycles. The van der Waals surface area contributed by atoms with Gasteiger partial charge < -0.3 is 0 Å². The van der Waals surface area contributed by atoms with Gasteiger partial charge >= 0.3 is 0 Å². The molecule has 0 spiro atoms. The Kier molecular flexibility index (Phi) is 3.80. The van der Waals surface area contributed by atoms with Crippen LogP contribution in [0.4, 0.5) is 0 Å². The summed E-state index contributed by atoms with van der Waals surface area (Å²) < 4.78 is 0. The summed E-state index contributed by atoms with van der Waals surface area (Å²) in [5.41, 5.74) is 1.83. The number of hydrogen-bond acceptors (Lipinski definition) is 4. The highest BCUT2D eigenvalue weighted by Crippen LogP contribution is 2.13. The molecule has 5 heteroatoms. The molecule has 0 amide bonds. The molecule has 0 radical (unpaired) electrons. The predicted octanol–water partition coefficient (Wildman–Crippen LogP) is 2.23. The van der Waals surface area contributed by atoms with Crippen molar-refractivity contribution in [2.75, 3.05) is 0 Å². The van der Waals surface area contributed by atoms with E-state index in [4.69, 9.17) is 0 Å². The van der Waals surface area contributed by atoms with E-state index in [1.807, 2.05) is 60.7 Å². The molecule has 0 bridgehead atoms. The van der Waals surface area contributed by atoms with Gasteiger partial charge in [0.25, 0.3) is 0 Å². The fourth-order valence-corrected chi connectivity index (χ4v) is 1.74. The first-order valence-electron chi connectivity index (χ1n) is 6.37. The van der Waals surface area contributed by atoms with Crippen LogP contribution in [-0.2, 0) is 0 Å². The molecule has 3 aromatic rings. The smallest absolute Gasteiger partial charge is 0.146 e. The molecule has 3 rings (SSSR count). The van der Waals surface area contributed by atoms with Crippen LogP contribution >= 0.6 is 0 Å². The van der Waals surface area contributed by atoms with Crippen LogP contribution in [0.15, 0.2) is 65.8 Å². The van der Waals surface area contributed by atoms with Crippen molar-refractivity contribution < 1.29 is 0 Å². The maximum atomic E-state index is 4.14. The van der Waals surface area contributed by atoms with Crippen molar-refractivity contribution in [2.24, 2.45) is 5.10 Å². The molecule has 0 saturated heterocycles. The normalized spacial score (nSPS) is 10.3. The minimum atomic E-state index is 0.577. The second kappa shape index (κ2) is 6.26. The Bertz CT molecular complexity index is 795. The van der Waals surface area contributed by atoms with Gasteiger partial charge in [0.1, 0.15) is 0 Å². The van der Waals surface area contributed by atoms with E-state index in [0.717, 1.165) is 11.1 Å². The molecule has 0 aliphatic carbocycles. The zero-order valence-electron chi connectivity index (χ0n) is 11.1. The Morgan fingerprint density at radius 2 is 1.67 bits per heavy atom. The van der Waals surface area contributed by atoms with Gasteiger partial charge in [-0.3, -0.25) is 0 Å². The highest BCUT2D eigenvalue weighted by atomic mass is 15.7. The summed E-state index contributed by atoms with van der Waals surface area (Å²) in [5, 5.41) is 15.6. The first kappa shape index (κ1) is 12.8. The van der Waals surface area contributed by atoms with E-state index in [1.54, 1.807) is 0 Å². The van der Waals surface area contributed by atoms with Crippen LogP contribution < -0.4 is 0 Å². The third kappa shape index (κ3) is 3.19. The Morgan fingerprint density at radius 3 is 2.43 bits per heavy atom. The highest BCUT2D eigenvalue weighted by Gasteiger charge is 2.06. The second-order valence-electron chi connectivity index (χ2n) is 4.14. The molecule has 0 fully saturated rings. The topological polar surface area (TPSA) is 56.0 Å². The quantitative estimate of drug-likeness (QED) is 0.531. The maximum Gasteiger partial charge on any atom is 0.207 e. The van der Waals surface area contributed by atoms with Crippen LogP contribution in [-0.4, -0.2) is 26.5 Å². The molecule has 0 atom stereocenters. The van der Waals surface area contributed by atoms with Crippen LogP contribution in [0.1, 0.15) is 5.56 Å². The maximum absolute atomic E-state index is 4.14. The van der Waals surface area contributed by atoms with Crippen molar-refractivity contribution in [2.45, 2.75) is 0 Å². The SMILES string of the molecule is C(#Cc1ccccc1)/C=N\n1nnnc1-c1ccccc1. The van der Waals surface area contributed by atoms with Crippen LogP contribution in [0.3, 0.4) is 0 Å². The van der Waals surface area contributed by atoms with E-state index in [2.05, 4.69) is 32.5 Å². The minimum absolute atomic E-state index is 0.577. The molecule has 0 N–H and O–H groups in total. The van der Waals surface area contributed by atoms with Crippen LogP contribution in [0, 0.1) is 11.8 Å². The standard InChI is InChI=1S/C16H11N5/c1-3-8-14(9-4-1)10-7-13-17-21-16(18-19-20-21)15-11-5-2-6-12-15/h1-6,8-9,11-13H/b17-13-. The molecule has 100 valence electrons. The Balaban J connectivity index is 1.79. The number of rotatable bonds is 2. The summed E-state index contributed by atoms with van der Waals surface area (Å²) in [4.78, 5) is 1.36. The molecule has 2 aromatic carbocycles. The Morgan fingerprint density at radius 1 is 0.952 bits per heavy atom. The summed E-state index contributed by atoms with van der Waals surface area (Å²) in [6, 6.07) is 19.3. The summed E-state index contributed by atoms with van der Waals surface area (Å²) in [6.07, 6.45) is 1.48. The van der Waals surface area contributed by atoms with E-state index in [0.29, 0.717) is 5.82 Å². The first-order valence-corrected chi connectivity index (χ1v) is 6.37. The largest absolute Gasteiger partial charge is 0.207 e. The zero-order chi connectivity index (χ0) is 14.3. The zero-order valence-corrected chi connectivity index (χ0v) is 11.1. The van der Waals surface area contributed by atoms with Crippen LogP contribution in [0.5, 0.6) is 0 Å². The molecular weight excluding hydrogens is 262 g/mol. The van der Waals surface area contributed by atoms with Crippen molar-refractivity contribution in [3.63, 3.8) is 0 Å². The number of tetrazole rings is 1. The average molecular weight is 273 g/mol. The van der Waals surface area contributed by atoms with Gasteiger partial charge in [0, 0.05) is 11.1 Å². The fourth-order valence-electron chi connectivity index (χ4n) is 1.74. The molecule has 0 saturated carbocycles. The van der Waals surface area contributed by atoms with Gasteiger partial charge in [0.2, 0.25) is 5.82 Å². The Labute approximate surface area is 121 Å². The van der Waals surface area contributed by atoms with Crippen molar-refractivity contribution in [3.05, 3.63) is 66.2 Å². The van der Waals surface area contributed by atoms with Gasteiger partial charge in [-0.25, -0.2) is 0 Å². The van der Waals surface area contributed by atoms with E-state index < -0.39 is 0 Å². The molecule has 0 aliphatic rings. The number of benzene rings is 2. The molecule has 1 aromatic heterocycles. The minimum Gasteiger partial charge on any atom is -0.146 e. The Hall–Kier alpha value is -3.26. The second-order valence-corrected chi connectivity index (χ2v) is 4.14. The van der Waals surface area contributed by atoms with Gasteiger partial charge in [-0.1, -0.05) is 54.5 Å². The van der Waals surface area contributed by atoms with E-state index >= 15 is 0 Å². The van der Waals surface area contributed by atoms with Crippen LogP contribution in [0.2, 0.25) is 0 Å². The third-order valence-electron chi connectivity index (χ3n) is 2.71. The van der Waals surface area contributed by atoms with E-state index in [-0.39, 0.29) is 0 Å². The third-order valence-corrected chi connectivity index (χ3v) is 2.71. The molecular formula is C16H11N5. The summed E-state index contributed by atoms with van der Waals surface area (Å²) >= 11 is 0. The van der Waals surface area contributed by atoms with Crippen LogP contribution in [0.25, 0.3) is 11.4 Å². The number of hydrogen-bond donors (Lipinski definition) is 0.